The number of carboxylic acid groups (broad SMARTS) is 1. The van der Waals surface area contributed by atoms with Gasteiger partial charge in [0, 0.05) is 12.2 Å². The van der Waals surface area contributed by atoms with E-state index in [-0.39, 0.29) is 5.56 Å². The Labute approximate surface area is 111 Å². The van der Waals surface area contributed by atoms with Crippen molar-refractivity contribution in [3.8, 4) is 5.75 Å². The van der Waals surface area contributed by atoms with Crippen LogP contribution in [0.2, 0.25) is 0 Å². The van der Waals surface area contributed by atoms with Crippen LogP contribution in [0.25, 0.3) is 0 Å². The van der Waals surface area contributed by atoms with Crippen LogP contribution < -0.4 is 4.74 Å². The number of hydrogen-bond donors (Lipinski definition) is 1. The molecule has 0 unspecified atom stereocenters. The highest BCUT2D eigenvalue weighted by atomic mass is 16.5. The van der Waals surface area contributed by atoms with Gasteiger partial charge in [-0.3, -0.25) is 4.68 Å². The number of rotatable bonds is 5. The SMILES string of the molecule is COc1ccc(CCn2ncc(C(=O)O)c2C)cc1. The number of nitrogens with zero attached hydrogens (tertiary/aromatic N) is 2. The molecule has 0 aliphatic rings. The van der Waals surface area contributed by atoms with Gasteiger partial charge >= 0.3 is 5.97 Å². The molecule has 0 bridgehead atoms. The fourth-order valence-corrected chi connectivity index (χ4v) is 1.91. The minimum Gasteiger partial charge on any atom is -0.497 e. The van der Waals surface area contributed by atoms with E-state index in [0.717, 1.165) is 17.7 Å². The molecule has 1 aromatic carbocycles. The molecule has 0 saturated carbocycles. The first-order valence-electron chi connectivity index (χ1n) is 6.00. The largest absolute Gasteiger partial charge is 0.497 e. The molecule has 5 nitrogen and oxygen atoms in total. The maximum atomic E-state index is 10.9. The number of carboxylic acids is 1. The number of methoxy groups -OCH3 is 1. The molecule has 19 heavy (non-hydrogen) atoms. The van der Waals surface area contributed by atoms with E-state index in [4.69, 9.17) is 9.84 Å². The monoisotopic (exact) mass is 260 g/mol. The molecule has 1 N–H and O–H groups in total. The van der Waals surface area contributed by atoms with Gasteiger partial charge in [-0.2, -0.15) is 5.10 Å². The van der Waals surface area contributed by atoms with E-state index in [1.54, 1.807) is 18.7 Å². The van der Waals surface area contributed by atoms with Gasteiger partial charge in [0.15, 0.2) is 0 Å². The van der Waals surface area contributed by atoms with Crippen LogP contribution in [0, 0.1) is 6.92 Å². The van der Waals surface area contributed by atoms with Crippen LogP contribution in [0.5, 0.6) is 5.75 Å². The van der Waals surface area contributed by atoms with Gasteiger partial charge in [0.2, 0.25) is 0 Å². The summed E-state index contributed by atoms with van der Waals surface area (Å²) in [6.07, 6.45) is 2.19. The summed E-state index contributed by atoms with van der Waals surface area (Å²) in [5.74, 6) is -0.111. The molecule has 100 valence electrons. The second-order valence-corrected chi connectivity index (χ2v) is 4.27. The Bertz CT molecular complexity index is 573. The van der Waals surface area contributed by atoms with Crippen LogP contribution in [-0.4, -0.2) is 28.0 Å². The number of carbonyl (C=O) groups is 1. The van der Waals surface area contributed by atoms with E-state index < -0.39 is 5.97 Å². The predicted octanol–water partition coefficient (Wildman–Crippen LogP) is 2.14. The van der Waals surface area contributed by atoms with Gasteiger partial charge in [-0.25, -0.2) is 4.79 Å². The second kappa shape index (κ2) is 5.56. The average molecular weight is 260 g/mol. The number of aromatic carboxylic acids is 1. The molecule has 0 saturated heterocycles. The minimum atomic E-state index is -0.937. The van der Waals surface area contributed by atoms with Crippen molar-refractivity contribution < 1.29 is 14.6 Å². The van der Waals surface area contributed by atoms with Crippen molar-refractivity contribution in [2.24, 2.45) is 0 Å². The maximum absolute atomic E-state index is 10.9. The van der Waals surface area contributed by atoms with E-state index in [9.17, 15) is 4.79 Å². The predicted molar refractivity (Wildman–Crippen MR) is 70.6 cm³/mol. The van der Waals surface area contributed by atoms with Gasteiger partial charge in [-0.05, 0) is 31.0 Å². The maximum Gasteiger partial charge on any atom is 0.339 e. The molecule has 0 fully saturated rings. The molecule has 1 heterocycles. The van der Waals surface area contributed by atoms with E-state index in [2.05, 4.69) is 5.10 Å². The average Bonchev–Trinajstić information content (AvgIpc) is 2.78. The van der Waals surface area contributed by atoms with Crippen molar-refractivity contribution in [1.29, 1.82) is 0 Å². The first-order valence-corrected chi connectivity index (χ1v) is 6.00. The molecule has 5 heteroatoms. The second-order valence-electron chi connectivity index (χ2n) is 4.27. The van der Waals surface area contributed by atoms with Gasteiger partial charge < -0.3 is 9.84 Å². The number of aromatic nitrogens is 2. The summed E-state index contributed by atoms with van der Waals surface area (Å²) in [6, 6.07) is 7.81. The third-order valence-electron chi connectivity index (χ3n) is 3.10. The first kappa shape index (κ1) is 13.1. The standard InChI is InChI=1S/C14H16N2O3/c1-10-13(14(17)18)9-15-16(10)8-7-11-3-5-12(19-2)6-4-11/h3-6,9H,7-8H2,1-2H3,(H,17,18). The van der Waals surface area contributed by atoms with Crippen LogP contribution in [0.15, 0.2) is 30.5 Å². The van der Waals surface area contributed by atoms with Gasteiger partial charge in [-0.1, -0.05) is 12.1 Å². The van der Waals surface area contributed by atoms with E-state index in [0.29, 0.717) is 12.2 Å². The Hall–Kier alpha value is -2.30. The van der Waals surface area contributed by atoms with Crippen molar-refractivity contribution in [2.75, 3.05) is 7.11 Å². The normalized spacial score (nSPS) is 10.4. The number of benzene rings is 1. The van der Waals surface area contributed by atoms with Crippen LogP contribution >= 0.6 is 0 Å². The molecular weight excluding hydrogens is 244 g/mol. The lowest BCUT2D eigenvalue weighted by atomic mass is 10.1. The lowest BCUT2D eigenvalue weighted by molar-refractivity contribution is 0.0696. The Balaban J connectivity index is 2.03. The molecule has 0 amide bonds. The molecule has 0 aliphatic carbocycles. The molecule has 2 aromatic rings. The summed E-state index contributed by atoms with van der Waals surface area (Å²) in [6.45, 7) is 2.43. The lowest BCUT2D eigenvalue weighted by Crippen LogP contribution is -2.06. The molecular formula is C14H16N2O3. The highest BCUT2D eigenvalue weighted by Crippen LogP contribution is 2.13. The zero-order chi connectivity index (χ0) is 13.8. The van der Waals surface area contributed by atoms with Crippen LogP contribution in [0.4, 0.5) is 0 Å². The number of ether oxygens (including phenoxy) is 1. The summed E-state index contributed by atoms with van der Waals surface area (Å²) in [7, 11) is 1.63. The summed E-state index contributed by atoms with van der Waals surface area (Å²) >= 11 is 0. The summed E-state index contributed by atoms with van der Waals surface area (Å²) < 4.78 is 6.81. The Morgan fingerprint density at radius 2 is 2.05 bits per heavy atom. The zero-order valence-corrected chi connectivity index (χ0v) is 11.0. The van der Waals surface area contributed by atoms with Crippen LogP contribution in [0.1, 0.15) is 21.6 Å². The molecule has 0 aliphatic heterocycles. The van der Waals surface area contributed by atoms with Crippen molar-refractivity contribution in [3.05, 3.63) is 47.3 Å². The zero-order valence-electron chi connectivity index (χ0n) is 11.0. The third kappa shape index (κ3) is 2.93. The van der Waals surface area contributed by atoms with E-state index in [1.807, 2.05) is 24.3 Å². The third-order valence-corrected chi connectivity index (χ3v) is 3.10. The van der Waals surface area contributed by atoms with Gasteiger partial charge in [-0.15, -0.1) is 0 Å². The quantitative estimate of drug-likeness (QED) is 0.894. The van der Waals surface area contributed by atoms with Crippen LogP contribution in [-0.2, 0) is 13.0 Å². The summed E-state index contributed by atoms with van der Waals surface area (Å²) in [5.41, 5.74) is 2.10. The van der Waals surface area contributed by atoms with Crippen molar-refractivity contribution in [2.45, 2.75) is 19.9 Å². The lowest BCUT2D eigenvalue weighted by Gasteiger charge is -2.06. The van der Waals surface area contributed by atoms with Gasteiger partial charge in [0.05, 0.1) is 13.3 Å². The summed E-state index contributed by atoms with van der Waals surface area (Å²) in [5, 5.41) is 13.1. The fourth-order valence-electron chi connectivity index (χ4n) is 1.91. The van der Waals surface area contributed by atoms with Gasteiger partial charge in [0.25, 0.3) is 0 Å². The Morgan fingerprint density at radius 3 is 2.58 bits per heavy atom. The van der Waals surface area contributed by atoms with E-state index in [1.165, 1.54) is 6.20 Å². The molecule has 0 spiro atoms. The highest BCUT2D eigenvalue weighted by molar-refractivity contribution is 5.88. The first-order chi connectivity index (χ1) is 9.11. The molecule has 1 aromatic heterocycles. The minimum absolute atomic E-state index is 0.259. The molecule has 0 radical (unpaired) electrons. The summed E-state index contributed by atoms with van der Waals surface area (Å²) in [4.78, 5) is 10.9. The topological polar surface area (TPSA) is 64.4 Å². The van der Waals surface area contributed by atoms with Crippen LogP contribution in [0.3, 0.4) is 0 Å². The van der Waals surface area contributed by atoms with Gasteiger partial charge in [0.1, 0.15) is 11.3 Å². The molecule has 2 rings (SSSR count). The smallest absolute Gasteiger partial charge is 0.339 e. The fraction of sp³-hybridized carbons (Fsp3) is 0.286. The highest BCUT2D eigenvalue weighted by Gasteiger charge is 2.12. The molecule has 0 atom stereocenters. The number of hydrogen-bond acceptors (Lipinski definition) is 3. The number of aryl methyl sites for hydroxylation is 2. The van der Waals surface area contributed by atoms with Crippen molar-refractivity contribution in [1.82, 2.24) is 9.78 Å². The Kier molecular flexibility index (Phi) is 3.85. The Morgan fingerprint density at radius 1 is 1.37 bits per heavy atom. The van der Waals surface area contributed by atoms with E-state index >= 15 is 0 Å². The van der Waals surface area contributed by atoms with Crippen molar-refractivity contribution >= 4 is 5.97 Å². The van der Waals surface area contributed by atoms with Crippen molar-refractivity contribution in [3.63, 3.8) is 0 Å².